The minimum atomic E-state index is 0.248. The van der Waals surface area contributed by atoms with Gasteiger partial charge >= 0.3 is 0 Å². The minimum absolute atomic E-state index is 0.248. The Morgan fingerprint density at radius 2 is 2.18 bits per heavy atom. The van der Waals surface area contributed by atoms with E-state index in [4.69, 9.17) is 4.74 Å². The SMILES string of the molecule is COc1ccc(Br)c(CC(=O)CSC(C)C)c1. The van der Waals surface area contributed by atoms with Crippen molar-refractivity contribution in [2.75, 3.05) is 12.9 Å². The number of methoxy groups -OCH3 is 1. The number of carbonyl (C=O) groups excluding carboxylic acids is 1. The van der Waals surface area contributed by atoms with Gasteiger partial charge in [-0.15, -0.1) is 0 Å². The predicted molar refractivity (Wildman–Crippen MR) is 77.0 cm³/mol. The average molecular weight is 317 g/mol. The van der Waals surface area contributed by atoms with Gasteiger partial charge in [0.1, 0.15) is 11.5 Å². The van der Waals surface area contributed by atoms with Gasteiger partial charge in [-0.2, -0.15) is 11.8 Å². The van der Waals surface area contributed by atoms with E-state index in [1.165, 1.54) is 0 Å². The molecule has 0 aliphatic rings. The molecule has 0 fully saturated rings. The van der Waals surface area contributed by atoms with E-state index in [0.29, 0.717) is 17.4 Å². The molecule has 0 N–H and O–H groups in total. The number of hydrogen-bond acceptors (Lipinski definition) is 3. The van der Waals surface area contributed by atoms with Crippen LogP contribution in [0.4, 0.5) is 0 Å². The largest absolute Gasteiger partial charge is 0.497 e. The second-order valence-corrected chi connectivity index (χ2v) is 6.45. The second kappa shape index (κ2) is 7.07. The normalized spacial score (nSPS) is 10.6. The maximum absolute atomic E-state index is 11.8. The Labute approximate surface area is 115 Å². The van der Waals surface area contributed by atoms with Gasteiger partial charge in [0.25, 0.3) is 0 Å². The lowest BCUT2D eigenvalue weighted by Gasteiger charge is -2.07. The number of carbonyl (C=O) groups is 1. The molecule has 0 amide bonds. The molecule has 0 aromatic heterocycles. The topological polar surface area (TPSA) is 26.3 Å². The Morgan fingerprint density at radius 3 is 2.76 bits per heavy atom. The summed E-state index contributed by atoms with van der Waals surface area (Å²) in [4.78, 5) is 11.8. The monoisotopic (exact) mass is 316 g/mol. The van der Waals surface area contributed by atoms with E-state index < -0.39 is 0 Å². The zero-order valence-electron chi connectivity index (χ0n) is 10.3. The summed E-state index contributed by atoms with van der Waals surface area (Å²) < 4.78 is 6.11. The van der Waals surface area contributed by atoms with Crippen LogP contribution in [0.5, 0.6) is 5.75 Å². The minimum Gasteiger partial charge on any atom is -0.497 e. The van der Waals surface area contributed by atoms with Gasteiger partial charge in [-0.05, 0) is 29.0 Å². The molecule has 0 aliphatic carbocycles. The second-order valence-electron chi connectivity index (χ2n) is 4.03. The number of ether oxygens (including phenoxy) is 1. The van der Waals surface area contributed by atoms with E-state index in [1.807, 2.05) is 18.2 Å². The average Bonchev–Trinajstić information content (AvgIpc) is 2.29. The van der Waals surface area contributed by atoms with Gasteiger partial charge in [-0.3, -0.25) is 4.79 Å². The zero-order chi connectivity index (χ0) is 12.8. The lowest BCUT2D eigenvalue weighted by molar-refractivity contribution is -0.116. The van der Waals surface area contributed by atoms with Crippen LogP contribution < -0.4 is 4.74 Å². The highest BCUT2D eigenvalue weighted by atomic mass is 79.9. The van der Waals surface area contributed by atoms with Crippen molar-refractivity contribution >= 4 is 33.5 Å². The van der Waals surface area contributed by atoms with Crippen molar-refractivity contribution in [2.24, 2.45) is 0 Å². The number of thioether (sulfide) groups is 1. The number of hydrogen-bond donors (Lipinski definition) is 0. The Morgan fingerprint density at radius 1 is 1.47 bits per heavy atom. The molecule has 0 heterocycles. The summed E-state index contributed by atoms with van der Waals surface area (Å²) in [7, 11) is 1.63. The van der Waals surface area contributed by atoms with Crippen molar-refractivity contribution in [3.63, 3.8) is 0 Å². The molecule has 94 valence electrons. The maximum Gasteiger partial charge on any atom is 0.147 e. The lowest BCUT2D eigenvalue weighted by atomic mass is 10.1. The van der Waals surface area contributed by atoms with Gasteiger partial charge in [0, 0.05) is 10.9 Å². The maximum atomic E-state index is 11.8. The molecule has 0 unspecified atom stereocenters. The van der Waals surface area contributed by atoms with Crippen molar-refractivity contribution in [1.82, 2.24) is 0 Å². The van der Waals surface area contributed by atoms with Crippen molar-refractivity contribution < 1.29 is 9.53 Å². The van der Waals surface area contributed by atoms with Gasteiger partial charge in [-0.25, -0.2) is 0 Å². The molecule has 0 saturated heterocycles. The first kappa shape index (κ1) is 14.6. The molecule has 0 radical (unpaired) electrons. The van der Waals surface area contributed by atoms with Gasteiger partial charge in [-0.1, -0.05) is 29.8 Å². The highest BCUT2D eigenvalue weighted by molar-refractivity contribution is 9.10. The third-order valence-corrected chi connectivity index (χ3v) is 4.15. The van der Waals surface area contributed by atoms with Gasteiger partial charge in [0.05, 0.1) is 12.9 Å². The smallest absolute Gasteiger partial charge is 0.147 e. The van der Waals surface area contributed by atoms with Gasteiger partial charge in [0.2, 0.25) is 0 Å². The molecule has 0 saturated carbocycles. The van der Waals surface area contributed by atoms with Crippen LogP contribution in [-0.2, 0) is 11.2 Å². The van der Waals surface area contributed by atoms with Crippen molar-refractivity contribution in [2.45, 2.75) is 25.5 Å². The summed E-state index contributed by atoms with van der Waals surface area (Å²) in [5.74, 6) is 1.60. The van der Waals surface area contributed by atoms with Gasteiger partial charge in [0.15, 0.2) is 0 Å². The van der Waals surface area contributed by atoms with Crippen LogP contribution in [0.2, 0.25) is 0 Å². The van der Waals surface area contributed by atoms with Crippen LogP contribution in [0, 0.1) is 0 Å². The summed E-state index contributed by atoms with van der Waals surface area (Å²) in [5, 5.41) is 0.493. The molecular formula is C13H17BrO2S. The highest BCUT2D eigenvalue weighted by Gasteiger charge is 2.09. The predicted octanol–water partition coefficient (Wildman–Crippen LogP) is 3.71. The molecule has 4 heteroatoms. The molecule has 2 nitrogen and oxygen atoms in total. The number of Topliss-reactive ketones (excluding diaryl/α,β-unsaturated/α-hetero) is 1. The van der Waals surface area contributed by atoms with Crippen LogP contribution in [0.1, 0.15) is 19.4 Å². The fourth-order valence-corrected chi connectivity index (χ4v) is 2.34. The molecule has 0 bridgehead atoms. The van der Waals surface area contributed by atoms with E-state index in [9.17, 15) is 4.79 Å². The summed E-state index contributed by atoms with van der Waals surface area (Å²) >= 11 is 5.13. The summed E-state index contributed by atoms with van der Waals surface area (Å²) in [5.41, 5.74) is 0.985. The highest BCUT2D eigenvalue weighted by Crippen LogP contribution is 2.23. The van der Waals surface area contributed by atoms with Gasteiger partial charge < -0.3 is 4.74 Å². The van der Waals surface area contributed by atoms with Crippen LogP contribution in [0.3, 0.4) is 0 Å². The summed E-state index contributed by atoms with van der Waals surface area (Å²) in [6.07, 6.45) is 0.456. The molecule has 0 aliphatic heterocycles. The Bertz CT molecular complexity index is 391. The van der Waals surface area contributed by atoms with E-state index in [1.54, 1.807) is 18.9 Å². The Balaban J connectivity index is 2.64. The number of rotatable bonds is 6. The number of benzene rings is 1. The Kier molecular flexibility index (Phi) is 6.06. The Hall–Kier alpha value is -0.480. The van der Waals surface area contributed by atoms with Crippen LogP contribution >= 0.6 is 27.7 Å². The molecule has 1 rings (SSSR count). The van der Waals surface area contributed by atoms with E-state index in [0.717, 1.165) is 15.8 Å². The van der Waals surface area contributed by atoms with E-state index in [2.05, 4.69) is 29.8 Å². The first-order chi connectivity index (χ1) is 8.02. The van der Waals surface area contributed by atoms with E-state index >= 15 is 0 Å². The molecule has 17 heavy (non-hydrogen) atoms. The lowest BCUT2D eigenvalue weighted by Crippen LogP contribution is -2.08. The van der Waals surface area contributed by atoms with Crippen molar-refractivity contribution in [3.05, 3.63) is 28.2 Å². The van der Waals surface area contributed by atoms with Crippen LogP contribution in [0.15, 0.2) is 22.7 Å². The molecular weight excluding hydrogens is 300 g/mol. The zero-order valence-corrected chi connectivity index (χ0v) is 12.7. The van der Waals surface area contributed by atoms with Crippen molar-refractivity contribution in [1.29, 1.82) is 0 Å². The molecule has 1 aromatic rings. The van der Waals surface area contributed by atoms with E-state index in [-0.39, 0.29) is 5.78 Å². The fraction of sp³-hybridized carbons (Fsp3) is 0.462. The van der Waals surface area contributed by atoms with Crippen molar-refractivity contribution in [3.8, 4) is 5.75 Å². The third-order valence-electron chi connectivity index (χ3n) is 2.22. The fourth-order valence-electron chi connectivity index (χ4n) is 1.34. The van der Waals surface area contributed by atoms with Crippen LogP contribution in [-0.4, -0.2) is 23.9 Å². The number of halogens is 1. The summed E-state index contributed by atoms with van der Waals surface area (Å²) in [6, 6.07) is 5.69. The number of ketones is 1. The standard InChI is InChI=1S/C13H17BrO2S/c1-9(2)17-8-11(15)6-10-7-12(16-3)4-5-13(10)14/h4-5,7,9H,6,8H2,1-3H3. The quantitative estimate of drug-likeness (QED) is 0.800. The third kappa shape index (κ3) is 5.13. The summed E-state index contributed by atoms with van der Waals surface area (Å²) in [6.45, 7) is 4.19. The first-order valence-electron chi connectivity index (χ1n) is 5.48. The molecule has 0 spiro atoms. The molecule has 0 atom stereocenters. The van der Waals surface area contributed by atoms with Crippen LogP contribution in [0.25, 0.3) is 0 Å². The first-order valence-corrected chi connectivity index (χ1v) is 7.33. The molecule has 1 aromatic carbocycles.